The van der Waals surface area contributed by atoms with Gasteiger partial charge in [0.05, 0.1) is 16.1 Å². The van der Waals surface area contributed by atoms with Gasteiger partial charge in [-0.25, -0.2) is 9.78 Å². The van der Waals surface area contributed by atoms with Crippen LogP contribution in [0.2, 0.25) is 10.0 Å². The van der Waals surface area contributed by atoms with Gasteiger partial charge in [-0.3, -0.25) is 4.90 Å². The summed E-state index contributed by atoms with van der Waals surface area (Å²) in [6.45, 7) is 3.12. The Morgan fingerprint density at radius 2 is 1.79 bits per heavy atom. The number of ether oxygens (including phenoxy) is 1. The Kier molecular flexibility index (Phi) is 6.97. The summed E-state index contributed by atoms with van der Waals surface area (Å²) >= 11 is 12.2. The molecule has 0 amide bonds. The van der Waals surface area contributed by atoms with Gasteiger partial charge in [-0.05, 0) is 42.5 Å². The Morgan fingerprint density at radius 3 is 2.52 bits per heavy atom. The number of carbonyl (C=O) groups excluding carboxylic acids is 1. The summed E-state index contributed by atoms with van der Waals surface area (Å²) < 4.78 is 44.2. The van der Waals surface area contributed by atoms with Crippen LogP contribution in [0.1, 0.15) is 16.1 Å². The highest BCUT2D eigenvalue weighted by molar-refractivity contribution is 6.36. The molecule has 4 rings (SSSR count). The molecule has 10 heteroatoms. The summed E-state index contributed by atoms with van der Waals surface area (Å²) in [6, 6.07) is 11.9. The van der Waals surface area contributed by atoms with Crippen molar-refractivity contribution in [2.75, 3.05) is 44.2 Å². The van der Waals surface area contributed by atoms with Gasteiger partial charge >= 0.3 is 12.1 Å². The van der Waals surface area contributed by atoms with Gasteiger partial charge in [0.1, 0.15) is 6.61 Å². The number of fused-ring (bicyclic) bond motifs is 1. The highest BCUT2D eigenvalue weighted by atomic mass is 35.5. The quantitative estimate of drug-likeness (QED) is 0.433. The van der Waals surface area contributed by atoms with Crippen LogP contribution in [-0.2, 0) is 10.9 Å². The van der Waals surface area contributed by atoms with Crippen molar-refractivity contribution in [3.63, 3.8) is 0 Å². The minimum Gasteiger partial charge on any atom is -0.460 e. The molecule has 2 aromatic carbocycles. The van der Waals surface area contributed by atoms with E-state index in [9.17, 15) is 18.0 Å². The normalized spacial score (nSPS) is 15.1. The predicted octanol–water partition coefficient (Wildman–Crippen LogP) is 5.54. The predicted molar refractivity (Wildman–Crippen MR) is 122 cm³/mol. The number of halogens is 5. The van der Waals surface area contributed by atoms with E-state index in [2.05, 4.69) is 9.88 Å². The van der Waals surface area contributed by atoms with Crippen molar-refractivity contribution in [3.05, 3.63) is 69.8 Å². The largest absolute Gasteiger partial charge is 0.460 e. The SMILES string of the molecule is O=C(OCCN1CCN(c2cccc(C(F)(F)F)c2)CC1)c1cc(Cl)c2ccc(Cl)cc2n1. The lowest BCUT2D eigenvalue weighted by molar-refractivity contribution is -0.137. The first-order valence-corrected chi connectivity index (χ1v) is 11.0. The van der Waals surface area contributed by atoms with Gasteiger partial charge in [-0.15, -0.1) is 0 Å². The minimum atomic E-state index is -4.36. The van der Waals surface area contributed by atoms with Gasteiger partial charge in [0.2, 0.25) is 0 Å². The standard InChI is InChI=1S/C23H20Cl2F3N3O2/c24-16-4-5-18-19(25)14-21(29-20(18)13-16)22(32)33-11-10-30-6-8-31(9-7-30)17-3-1-2-15(12-17)23(26,27)28/h1-5,12-14H,6-11H2. The van der Waals surface area contributed by atoms with E-state index in [1.165, 1.54) is 18.2 Å². The number of alkyl halides is 3. The molecule has 5 nitrogen and oxygen atoms in total. The molecule has 1 saturated heterocycles. The van der Waals surface area contributed by atoms with Gasteiger partial charge in [0, 0.05) is 48.8 Å². The van der Waals surface area contributed by atoms with Crippen LogP contribution in [0.5, 0.6) is 0 Å². The molecule has 174 valence electrons. The van der Waals surface area contributed by atoms with Crippen LogP contribution in [0.15, 0.2) is 48.5 Å². The molecule has 0 radical (unpaired) electrons. The molecule has 0 bridgehead atoms. The van der Waals surface area contributed by atoms with Crippen molar-refractivity contribution >= 4 is 45.8 Å². The van der Waals surface area contributed by atoms with Crippen LogP contribution >= 0.6 is 23.2 Å². The van der Waals surface area contributed by atoms with Crippen LogP contribution in [0.4, 0.5) is 18.9 Å². The number of nitrogens with zero attached hydrogens (tertiary/aromatic N) is 3. The molecule has 0 N–H and O–H groups in total. The molecule has 0 saturated carbocycles. The first-order chi connectivity index (χ1) is 15.7. The van der Waals surface area contributed by atoms with Crippen molar-refractivity contribution in [1.82, 2.24) is 9.88 Å². The lowest BCUT2D eigenvalue weighted by atomic mass is 10.1. The van der Waals surface area contributed by atoms with Crippen molar-refractivity contribution in [2.45, 2.75) is 6.18 Å². The first-order valence-electron chi connectivity index (χ1n) is 10.3. The number of hydrogen-bond acceptors (Lipinski definition) is 5. The third kappa shape index (κ3) is 5.69. The Bertz CT molecular complexity index is 1170. The Hall–Kier alpha value is -2.55. The lowest BCUT2D eigenvalue weighted by Gasteiger charge is -2.36. The van der Waals surface area contributed by atoms with Crippen molar-refractivity contribution in [1.29, 1.82) is 0 Å². The summed E-state index contributed by atoms with van der Waals surface area (Å²) in [7, 11) is 0. The molecule has 1 aliphatic rings. The molecule has 2 heterocycles. The van der Waals surface area contributed by atoms with Gasteiger partial charge in [0.25, 0.3) is 0 Å². The van der Waals surface area contributed by atoms with E-state index in [4.69, 9.17) is 27.9 Å². The molecular weight excluding hydrogens is 478 g/mol. The van der Waals surface area contributed by atoms with E-state index in [-0.39, 0.29) is 12.3 Å². The molecule has 1 aliphatic heterocycles. The third-order valence-corrected chi connectivity index (χ3v) is 6.03. The zero-order valence-corrected chi connectivity index (χ0v) is 18.9. The molecule has 0 spiro atoms. The fourth-order valence-corrected chi connectivity index (χ4v) is 4.14. The maximum Gasteiger partial charge on any atom is 0.416 e. The van der Waals surface area contributed by atoms with Crippen LogP contribution in [0.25, 0.3) is 10.9 Å². The number of piperazine rings is 1. The van der Waals surface area contributed by atoms with Crippen LogP contribution in [0.3, 0.4) is 0 Å². The van der Waals surface area contributed by atoms with Gasteiger partial charge in [-0.1, -0.05) is 29.3 Å². The molecule has 0 unspecified atom stereocenters. The second kappa shape index (κ2) is 9.75. The number of pyridine rings is 1. The number of anilines is 1. The monoisotopic (exact) mass is 497 g/mol. The topological polar surface area (TPSA) is 45.7 Å². The van der Waals surface area contributed by atoms with Crippen molar-refractivity contribution in [3.8, 4) is 0 Å². The van der Waals surface area contributed by atoms with Crippen molar-refractivity contribution in [2.24, 2.45) is 0 Å². The maximum atomic E-state index is 13.0. The number of rotatable bonds is 5. The second-order valence-electron chi connectivity index (χ2n) is 7.66. The van der Waals surface area contributed by atoms with E-state index >= 15 is 0 Å². The van der Waals surface area contributed by atoms with E-state index < -0.39 is 17.7 Å². The average Bonchev–Trinajstić information content (AvgIpc) is 2.78. The molecule has 1 fully saturated rings. The second-order valence-corrected chi connectivity index (χ2v) is 8.51. The highest BCUT2D eigenvalue weighted by Crippen LogP contribution is 2.32. The summed E-state index contributed by atoms with van der Waals surface area (Å²) in [6.07, 6.45) is -4.36. The summed E-state index contributed by atoms with van der Waals surface area (Å²) in [4.78, 5) is 20.7. The number of aromatic nitrogens is 1. The highest BCUT2D eigenvalue weighted by Gasteiger charge is 2.31. The molecule has 33 heavy (non-hydrogen) atoms. The zero-order chi connectivity index (χ0) is 23.6. The van der Waals surface area contributed by atoms with E-state index in [1.54, 1.807) is 24.3 Å². The summed E-state index contributed by atoms with van der Waals surface area (Å²) in [5.74, 6) is -0.582. The first kappa shape index (κ1) is 23.6. The van der Waals surface area contributed by atoms with E-state index in [0.717, 1.165) is 6.07 Å². The Balaban J connectivity index is 1.28. The summed E-state index contributed by atoms with van der Waals surface area (Å²) in [5.41, 5.74) is 0.506. The number of esters is 1. The molecule has 1 aromatic heterocycles. The van der Waals surface area contributed by atoms with Crippen molar-refractivity contribution < 1.29 is 22.7 Å². The van der Waals surface area contributed by atoms with Gasteiger partial charge < -0.3 is 9.64 Å². The van der Waals surface area contributed by atoms with Gasteiger partial charge in [-0.2, -0.15) is 13.2 Å². The lowest BCUT2D eigenvalue weighted by Crippen LogP contribution is -2.47. The number of benzene rings is 2. The molecule has 3 aromatic rings. The minimum absolute atomic E-state index is 0.101. The Morgan fingerprint density at radius 1 is 1.03 bits per heavy atom. The fraction of sp³-hybridized carbons (Fsp3) is 0.304. The van der Waals surface area contributed by atoms with Crippen LogP contribution in [0, 0.1) is 0 Å². The van der Waals surface area contributed by atoms with Crippen LogP contribution in [-0.4, -0.2) is 55.2 Å². The van der Waals surface area contributed by atoms with E-state index in [0.29, 0.717) is 59.4 Å². The maximum absolute atomic E-state index is 13.0. The molecule has 0 atom stereocenters. The number of carbonyl (C=O) groups is 1. The fourth-order valence-electron chi connectivity index (χ4n) is 3.71. The van der Waals surface area contributed by atoms with E-state index in [1.807, 2.05) is 4.90 Å². The Labute approximate surface area is 198 Å². The number of hydrogen-bond donors (Lipinski definition) is 0. The zero-order valence-electron chi connectivity index (χ0n) is 17.4. The smallest absolute Gasteiger partial charge is 0.416 e. The third-order valence-electron chi connectivity index (χ3n) is 5.48. The molecule has 0 aliphatic carbocycles. The summed E-state index contributed by atoms with van der Waals surface area (Å²) in [5, 5.41) is 1.56. The van der Waals surface area contributed by atoms with Crippen LogP contribution < -0.4 is 4.90 Å². The average molecular weight is 498 g/mol. The van der Waals surface area contributed by atoms with Gasteiger partial charge in [0.15, 0.2) is 5.69 Å². The molecular formula is C23H20Cl2F3N3O2.